The predicted octanol–water partition coefficient (Wildman–Crippen LogP) is 3.13. The molecule has 106 valence electrons. The summed E-state index contributed by atoms with van der Waals surface area (Å²) in [5.74, 6) is 0.974. The summed E-state index contributed by atoms with van der Waals surface area (Å²) in [4.78, 5) is 0. The highest BCUT2D eigenvalue weighted by molar-refractivity contribution is 5.28. The van der Waals surface area contributed by atoms with Gasteiger partial charge in [-0.2, -0.15) is 0 Å². The average Bonchev–Trinajstić information content (AvgIpc) is 2.91. The van der Waals surface area contributed by atoms with Gasteiger partial charge in [-0.15, -0.1) is 0 Å². The SMILES string of the molecule is CCCOc1cccc(CNC2CCC(OC)C2)c1. The zero-order valence-corrected chi connectivity index (χ0v) is 12.0. The molecule has 0 bridgehead atoms. The maximum absolute atomic E-state index is 5.65. The molecule has 2 unspecified atom stereocenters. The number of ether oxygens (including phenoxy) is 2. The lowest BCUT2D eigenvalue weighted by molar-refractivity contribution is 0.107. The molecular formula is C16H25NO2. The van der Waals surface area contributed by atoms with Crippen LogP contribution in [0.4, 0.5) is 0 Å². The second-order valence-corrected chi connectivity index (χ2v) is 5.24. The first-order chi connectivity index (χ1) is 9.31. The molecule has 19 heavy (non-hydrogen) atoms. The quantitative estimate of drug-likeness (QED) is 0.820. The Morgan fingerprint density at radius 2 is 2.21 bits per heavy atom. The van der Waals surface area contributed by atoms with Crippen molar-refractivity contribution in [3.8, 4) is 5.75 Å². The standard InChI is InChI=1S/C16H25NO2/c1-3-9-19-16-6-4-5-13(10-16)12-17-14-7-8-15(11-14)18-2/h4-6,10,14-15,17H,3,7-9,11-12H2,1-2H3. The monoisotopic (exact) mass is 263 g/mol. The van der Waals surface area contributed by atoms with Gasteiger partial charge >= 0.3 is 0 Å². The molecule has 1 aromatic rings. The minimum atomic E-state index is 0.441. The fourth-order valence-corrected chi connectivity index (χ4v) is 2.57. The third-order valence-corrected chi connectivity index (χ3v) is 3.68. The first kappa shape index (κ1) is 14.4. The zero-order chi connectivity index (χ0) is 13.5. The molecule has 1 fully saturated rings. The van der Waals surface area contributed by atoms with Crippen molar-refractivity contribution in [1.29, 1.82) is 0 Å². The molecule has 2 rings (SSSR count). The maximum Gasteiger partial charge on any atom is 0.119 e. The third kappa shape index (κ3) is 4.51. The van der Waals surface area contributed by atoms with E-state index in [0.717, 1.165) is 31.7 Å². The Morgan fingerprint density at radius 1 is 1.32 bits per heavy atom. The molecule has 0 radical (unpaired) electrons. The van der Waals surface area contributed by atoms with E-state index in [1.807, 2.05) is 13.2 Å². The Hall–Kier alpha value is -1.06. The van der Waals surface area contributed by atoms with Gasteiger partial charge in [-0.1, -0.05) is 19.1 Å². The summed E-state index contributed by atoms with van der Waals surface area (Å²) in [6, 6.07) is 8.95. The number of benzene rings is 1. The summed E-state index contributed by atoms with van der Waals surface area (Å²) in [6.07, 6.45) is 5.00. The van der Waals surface area contributed by atoms with Crippen molar-refractivity contribution >= 4 is 0 Å². The van der Waals surface area contributed by atoms with Gasteiger partial charge in [0.15, 0.2) is 0 Å². The first-order valence-corrected chi connectivity index (χ1v) is 7.29. The molecule has 0 amide bonds. The van der Waals surface area contributed by atoms with Gasteiger partial charge in [-0.3, -0.25) is 0 Å². The summed E-state index contributed by atoms with van der Waals surface area (Å²) < 4.78 is 11.1. The Bertz CT molecular complexity index is 381. The Morgan fingerprint density at radius 3 is 2.95 bits per heavy atom. The molecule has 0 spiro atoms. The van der Waals surface area contributed by atoms with Crippen LogP contribution in [-0.2, 0) is 11.3 Å². The molecule has 3 heteroatoms. The number of rotatable bonds is 7. The highest BCUT2D eigenvalue weighted by Crippen LogP contribution is 2.22. The molecule has 0 aliphatic heterocycles. The van der Waals surface area contributed by atoms with Crippen LogP contribution in [0.1, 0.15) is 38.2 Å². The number of nitrogens with one attached hydrogen (secondary N) is 1. The zero-order valence-electron chi connectivity index (χ0n) is 12.0. The van der Waals surface area contributed by atoms with Crippen LogP contribution in [-0.4, -0.2) is 25.9 Å². The van der Waals surface area contributed by atoms with Crippen LogP contribution in [0.2, 0.25) is 0 Å². The highest BCUT2D eigenvalue weighted by Gasteiger charge is 2.23. The molecule has 0 aromatic heterocycles. The highest BCUT2D eigenvalue weighted by atomic mass is 16.5. The molecular weight excluding hydrogens is 238 g/mol. The molecule has 1 aliphatic carbocycles. The summed E-state index contributed by atoms with van der Waals surface area (Å²) in [5.41, 5.74) is 1.29. The van der Waals surface area contributed by atoms with Crippen molar-refractivity contribution in [3.05, 3.63) is 29.8 Å². The van der Waals surface area contributed by atoms with E-state index >= 15 is 0 Å². The predicted molar refractivity (Wildman–Crippen MR) is 77.5 cm³/mol. The number of methoxy groups -OCH3 is 1. The second kappa shape index (κ2) is 7.51. The van der Waals surface area contributed by atoms with E-state index in [2.05, 4.69) is 30.4 Å². The van der Waals surface area contributed by atoms with Crippen LogP contribution in [0, 0.1) is 0 Å². The Labute approximate surface area is 116 Å². The molecule has 0 heterocycles. The van der Waals surface area contributed by atoms with Crippen molar-refractivity contribution in [2.24, 2.45) is 0 Å². The topological polar surface area (TPSA) is 30.5 Å². The molecule has 1 N–H and O–H groups in total. The van der Waals surface area contributed by atoms with Crippen molar-refractivity contribution in [2.75, 3.05) is 13.7 Å². The van der Waals surface area contributed by atoms with Crippen molar-refractivity contribution < 1.29 is 9.47 Å². The van der Waals surface area contributed by atoms with Crippen LogP contribution >= 0.6 is 0 Å². The second-order valence-electron chi connectivity index (χ2n) is 5.24. The maximum atomic E-state index is 5.65. The van der Waals surface area contributed by atoms with Gasteiger partial charge in [0.05, 0.1) is 12.7 Å². The minimum absolute atomic E-state index is 0.441. The van der Waals surface area contributed by atoms with E-state index in [1.54, 1.807) is 0 Å². The number of hydrogen-bond acceptors (Lipinski definition) is 3. The first-order valence-electron chi connectivity index (χ1n) is 7.29. The fraction of sp³-hybridized carbons (Fsp3) is 0.625. The third-order valence-electron chi connectivity index (χ3n) is 3.68. The van der Waals surface area contributed by atoms with Crippen LogP contribution in [0.15, 0.2) is 24.3 Å². The molecule has 1 aliphatic rings. The lowest BCUT2D eigenvalue weighted by atomic mass is 10.2. The van der Waals surface area contributed by atoms with Gasteiger partial charge in [0.1, 0.15) is 5.75 Å². The molecule has 1 saturated carbocycles. The van der Waals surface area contributed by atoms with Gasteiger partial charge in [0.2, 0.25) is 0 Å². The van der Waals surface area contributed by atoms with Crippen LogP contribution < -0.4 is 10.1 Å². The molecule has 3 nitrogen and oxygen atoms in total. The summed E-state index contributed by atoms with van der Waals surface area (Å²) in [7, 11) is 1.81. The van der Waals surface area contributed by atoms with E-state index in [0.29, 0.717) is 12.1 Å². The summed E-state index contributed by atoms with van der Waals surface area (Å²) in [6.45, 7) is 3.82. The molecule has 2 atom stereocenters. The van der Waals surface area contributed by atoms with Crippen molar-refractivity contribution in [1.82, 2.24) is 5.32 Å². The van der Waals surface area contributed by atoms with Gasteiger partial charge < -0.3 is 14.8 Å². The summed E-state index contributed by atoms with van der Waals surface area (Å²) >= 11 is 0. The smallest absolute Gasteiger partial charge is 0.119 e. The van der Waals surface area contributed by atoms with E-state index < -0.39 is 0 Å². The van der Waals surface area contributed by atoms with Gasteiger partial charge in [0, 0.05) is 19.7 Å². The van der Waals surface area contributed by atoms with Crippen molar-refractivity contribution in [3.63, 3.8) is 0 Å². The number of hydrogen-bond donors (Lipinski definition) is 1. The van der Waals surface area contributed by atoms with E-state index in [1.165, 1.54) is 18.4 Å². The van der Waals surface area contributed by atoms with E-state index in [9.17, 15) is 0 Å². The van der Waals surface area contributed by atoms with Crippen molar-refractivity contribution in [2.45, 2.75) is 51.3 Å². The molecule has 1 aromatic carbocycles. The Balaban J connectivity index is 1.79. The lowest BCUT2D eigenvalue weighted by Gasteiger charge is -2.13. The van der Waals surface area contributed by atoms with Crippen LogP contribution in [0.25, 0.3) is 0 Å². The average molecular weight is 263 g/mol. The summed E-state index contributed by atoms with van der Waals surface area (Å²) in [5, 5.41) is 3.61. The van der Waals surface area contributed by atoms with Crippen LogP contribution in [0.5, 0.6) is 5.75 Å². The fourth-order valence-electron chi connectivity index (χ4n) is 2.57. The largest absolute Gasteiger partial charge is 0.494 e. The molecule has 0 saturated heterocycles. The van der Waals surface area contributed by atoms with Gasteiger partial charge in [0.25, 0.3) is 0 Å². The Kier molecular flexibility index (Phi) is 5.67. The van der Waals surface area contributed by atoms with E-state index in [4.69, 9.17) is 9.47 Å². The van der Waals surface area contributed by atoms with E-state index in [-0.39, 0.29) is 0 Å². The lowest BCUT2D eigenvalue weighted by Crippen LogP contribution is -2.26. The van der Waals surface area contributed by atoms with Crippen LogP contribution in [0.3, 0.4) is 0 Å². The van der Waals surface area contributed by atoms with Gasteiger partial charge in [-0.05, 0) is 43.4 Å². The van der Waals surface area contributed by atoms with Gasteiger partial charge in [-0.25, -0.2) is 0 Å². The minimum Gasteiger partial charge on any atom is -0.494 e. The normalized spacial score (nSPS) is 22.6.